The third-order valence-electron chi connectivity index (χ3n) is 4.84. The Kier molecular flexibility index (Phi) is 5.16. The zero-order valence-electron chi connectivity index (χ0n) is 17.3. The summed E-state index contributed by atoms with van der Waals surface area (Å²) in [7, 11) is 0. The van der Waals surface area contributed by atoms with Crippen LogP contribution in [0.4, 0.5) is 5.82 Å². The Hall–Kier alpha value is -2.15. The molecule has 1 amide bonds. The molecule has 0 saturated carbocycles. The predicted octanol–water partition coefficient (Wildman–Crippen LogP) is 3.31. The average molecular weight is 373 g/mol. The van der Waals surface area contributed by atoms with Crippen LogP contribution in [0.1, 0.15) is 76.6 Å². The van der Waals surface area contributed by atoms with Gasteiger partial charge in [-0.2, -0.15) is 10.2 Å². The maximum atomic E-state index is 12.8. The van der Waals surface area contributed by atoms with Crippen molar-refractivity contribution >= 4 is 11.7 Å². The van der Waals surface area contributed by atoms with Crippen LogP contribution >= 0.6 is 0 Å². The summed E-state index contributed by atoms with van der Waals surface area (Å²) in [5.74, 6) is 0.495. The van der Waals surface area contributed by atoms with Gasteiger partial charge < -0.3 is 10.6 Å². The lowest BCUT2D eigenvalue weighted by molar-refractivity contribution is 0.101. The first kappa shape index (κ1) is 19.6. The molecule has 7 nitrogen and oxygen atoms in total. The fourth-order valence-corrected chi connectivity index (χ4v) is 3.25. The first-order valence-corrected chi connectivity index (χ1v) is 9.74. The monoisotopic (exact) mass is 372 g/mol. The molecule has 1 aliphatic rings. The topological polar surface area (TPSA) is 76.8 Å². The number of amides is 1. The molecule has 0 aliphatic carbocycles. The fraction of sp³-hybridized carbons (Fsp3) is 0.650. The molecule has 0 radical (unpaired) electrons. The summed E-state index contributed by atoms with van der Waals surface area (Å²) in [5, 5.41) is 15.7. The normalized spacial score (nSPS) is 18.5. The summed E-state index contributed by atoms with van der Waals surface area (Å²) in [4.78, 5) is 12.8. The van der Waals surface area contributed by atoms with Gasteiger partial charge in [-0.1, -0.05) is 20.8 Å². The molecule has 1 fully saturated rings. The Labute approximate surface area is 161 Å². The van der Waals surface area contributed by atoms with Gasteiger partial charge in [-0.3, -0.25) is 9.48 Å². The van der Waals surface area contributed by atoms with Gasteiger partial charge >= 0.3 is 0 Å². The van der Waals surface area contributed by atoms with Gasteiger partial charge in [0.1, 0.15) is 5.82 Å². The number of nitrogens with zero attached hydrogens (tertiary/aromatic N) is 4. The molecule has 1 unspecified atom stereocenters. The molecule has 27 heavy (non-hydrogen) atoms. The number of rotatable bonds is 3. The molecule has 2 aromatic heterocycles. The fourth-order valence-electron chi connectivity index (χ4n) is 3.25. The second-order valence-electron chi connectivity index (χ2n) is 9.38. The van der Waals surface area contributed by atoms with Gasteiger partial charge in [-0.25, -0.2) is 4.68 Å². The Morgan fingerprint density at radius 3 is 2.56 bits per heavy atom. The highest BCUT2D eigenvalue weighted by Gasteiger charge is 2.26. The Morgan fingerprint density at radius 1 is 1.22 bits per heavy atom. The van der Waals surface area contributed by atoms with Gasteiger partial charge in [0.15, 0.2) is 5.69 Å². The van der Waals surface area contributed by atoms with Crippen LogP contribution in [0.2, 0.25) is 0 Å². The number of hydrogen-bond acceptors (Lipinski definition) is 4. The lowest BCUT2D eigenvalue weighted by Gasteiger charge is -2.23. The number of piperidine rings is 1. The minimum Gasteiger partial charge on any atom is -0.315 e. The van der Waals surface area contributed by atoms with Gasteiger partial charge in [0.2, 0.25) is 0 Å². The summed E-state index contributed by atoms with van der Waals surface area (Å²) >= 11 is 0. The number of nitrogens with one attached hydrogen (secondary N) is 2. The van der Waals surface area contributed by atoms with Crippen LogP contribution < -0.4 is 10.6 Å². The van der Waals surface area contributed by atoms with Crippen LogP contribution in [0, 0.1) is 0 Å². The minimum absolute atomic E-state index is 0.0917. The highest BCUT2D eigenvalue weighted by molar-refractivity contribution is 6.02. The summed E-state index contributed by atoms with van der Waals surface area (Å²) in [6.45, 7) is 14.5. The Balaban J connectivity index is 1.81. The largest absolute Gasteiger partial charge is 0.315 e. The second-order valence-corrected chi connectivity index (χ2v) is 9.38. The Bertz CT molecular complexity index is 799. The number of carbonyl (C=O) groups excluding carboxylic acids is 1. The average Bonchev–Trinajstić information content (AvgIpc) is 3.22. The van der Waals surface area contributed by atoms with Gasteiger partial charge in [0.25, 0.3) is 5.91 Å². The SMILES string of the molecule is CC(C)(C)c1cc(NC(=O)c2ccn(C3CCCNC3)n2)n(C(C)(C)C)n1. The number of hydrogen-bond donors (Lipinski definition) is 2. The first-order chi connectivity index (χ1) is 12.6. The number of anilines is 1. The molecule has 0 spiro atoms. The van der Waals surface area contributed by atoms with Crippen LogP contribution in [0.3, 0.4) is 0 Å². The summed E-state index contributed by atoms with van der Waals surface area (Å²) in [5.41, 5.74) is 1.05. The van der Waals surface area contributed by atoms with Crippen LogP contribution in [-0.2, 0) is 11.0 Å². The van der Waals surface area contributed by atoms with E-state index in [9.17, 15) is 4.79 Å². The predicted molar refractivity (Wildman–Crippen MR) is 107 cm³/mol. The molecule has 1 aliphatic heterocycles. The van der Waals surface area contributed by atoms with Crippen molar-refractivity contribution in [3.63, 3.8) is 0 Å². The van der Waals surface area contributed by atoms with E-state index in [1.807, 2.05) is 21.6 Å². The summed E-state index contributed by atoms with van der Waals surface area (Å²) < 4.78 is 3.79. The van der Waals surface area contributed by atoms with E-state index in [1.54, 1.807) is 6.07 Å². The van der Waals surface area contributed by atoms with E-state index < -0.39 is 0 Å². The first-order valence-electron chi connectivity index (χ1n) is 9.74. The summed E-state index contributed by atoms with van der Waals surface area (Å²) in [6.07, 6.45) is 4.11. The van der Waals surface area contributed by atoms with E-state index in [0.29, 0.717) is 17.6 Å². The quantitative estimate of drug-likeness (QED) is 0.867. The van der Waals surface area contributed by atoms with E-state index in [0.717, 1.165) is 31.6 Å². The van der Waals surface area contributed by atoms with Crippen LogP contribution in [-0.4, -0.2) is 38.6 Å². The van der Waals surface area contributed by atoms with Crippen molar-refractivity contribution in [1.29, 1.82) is 0 Å². The third-order valence-corrected chi connectivity index (χ3v) is 4.84. The van der Waals surface area contributed by atoms with Crippen LogP contribution in [0.25, 0.3) is 0 Å². The van der Waals surface area contributed by atoms with Gasteiger partial charge in [0, 0.05) is 24.2 Å². The highest BCUT2D eigenvalue weighted by Crippen LogP contribution is 2.28. The molecule has 0 aromatic carbocycles. The maximum absolute atomic E-state index is 12.8. The molecular weight excluding hydrogens is 340 g/mol. The molecule has 1 atom stereocenters. The molecule has 3 rings (SSSR count). The lowest BCUT2D eigenvalue weighted by Crippen LogP contribution is -2.32. The molecule has 7 heteroatoms. The van der Waals surface area contributed by atoms with Crippen molar-refractivity contribution in [2.45, 2.75) is 71.4 Å². The van der Waals surface area contributed by atoms with E-state index in [1.165, 1.54) is 0 Å². The molecular formula is C20H32N6O. The lowest BCUT2D eigenvalue weighted by atomic mass is 9.92. The Morgan fingerprint density at radius 2 is 1.96 bits per heavy atom. The molecule has 1 saturated heterocycles. The van der Waals surface area contributed by atoms with Gasteiger partial charge in [-0.15, -0.1) is 0 Å². The van der Waals surface area contributed by atoms with Crippen molar-refractivity contribution < 1.29 is 4.79 Å². The maximum Gasteiger partial charge on any atom is 0.277 e. The van der Waals surface area contributed by atoms with Crippen molar-refractivity contribution in [3.05, 3.63) is 29.7 Å². The van der Waals surface area contributed by atoms with Gasteiger partial charge in [0.05, 0.1) is 17.3 Å². The van der Waals surface area contributed by atoms with Gasteiger partial charge in [-0.05, 0) is 46.2 Å². The molecule has 2 N–H and O–H groups in total. The minimum atomic E-state index is -0.237. The van der Waals surface area contributed by atoms with Crippen molar-refractivity contribution in [1.82, 2.24) is 24.9 Å². The van der Waals surface area contributed by atoms with E-state index in [4.69, 9.17) is 5.10 Å². The van der Waals surface area contributed by atoms with Crippen molar-refractivity contribution in [2.75, 3.05) is 18.4 Å². The van der Waals surface area contributed by atoms with E-state index in [2.05, 4.69) is 57.3 Å². The number of aromatic nitrogens is 4. The van der Waals surface area contributed by atoms with Crippen LogP contribution in [0.15, 0.2) is 18.3 Å². The molecule has 3 heterocycles. The highest BCUT2D eigenvalue weighted by atomic mass is 16.2. The second kappa shape index (κ2) is 7.11. The molecule has 148 valence electrons. The van der Waals surface area contributed by atoms with Crippen molar-refractivity contribution in [2.24, 2.45) is 0 Å². The summed E-state index contributed by atoms with van der Waals surface area (Å²) in [6, 6.07) is 4.06. The zero-order chi connectivity index (χ0) is 19.8. The third kappa shape index (κ3) is 4.40. The zero-order valence-corrected chi connectivity index (χ0v) is 17.3. The van der Waals surface area contributed by atoms with Crippen molar-refractivity contribution in [3.8, 4) is 0 Å². The van der Waals surface area contributed by atoms with E-state index in [-0.39, 0.29) is 16.9 Å². The standard InChI is InChI=1S/C20H32N6O/c1-19(2,3)16-12-17(26(24-16)20(4,5)6)22-18(27)15-9-11-25(23-15)14-8-7-10-21-13-14/h9,11-12,14,21H,7-8,10,13H2,1-6H3,(H,22,27). The molecule has 0 bridgehead atoms. The number of carbonyl (C=O) groups is 1. The smallest absolute Gasteiger partial charge is 0.277 e. The van der Waals surface area contributed by atoms with Crippen LogP contribution in [0.5, 0.6) is 0 Å². The van der Waals surface area contributed by atoms with E-state index >= 15 is 0 Å². The molecule has 2 aromatic rings.